The number of unbranched alkanes of at least 4 members (excludes halogenated alkanes) is 1. The second-order valence-electron chi connectivity index (χ2n) is 6.47. The zero-order valence-electron chi connectivity index (χ0n) is 13.2. The summed E-state index contributed by atoms with van der Waals surface area (Å²) in [6.45, 7) is 8.46. The normalized spacial score (nSPS) is 17.4. The summed E-state index contributed by atoms with van der Waals surface area (Å²) in [5, 5.41) is 0. The molecule has 0 aliphatic carbocycles. The smallest absolute Gasteiger partial charge is 0.165 e. The Labute approximate surface area is 122 Å². The molecule has 0 N–H and O–H groups in total. The van der Waals surface area contributed by atoms with Crippen molar-refractivity contribution in [3.63, 3.8) is 0 Å². The lowest BCUT2D eigenvalue weighted by atomic mass is 9.89. The van der Waals surface area contributed by atoms with E-state index >= 15 is 0 Å². The molecule has 1 aromatic carbocycles. The third-order valence-corrected chi connectivity index (χ3v) is 4.12. The van der Waals surface area contributed by atoms with E-state index in [4.69, 9.17) is 4.74 Å². The minimum atomic E-state index is -0.142. The molecule has 2 rings (SSSR count). The third-order valence-electron chi connectivity index (χ3n) is 4.12. The molecule has 1 heterocycles. The Balaban J connectivity index is 2.16. The molecule has 1 unspecified atom stereocenters. The predicted molar refractivity (Wildman–Crippen MR) is 82.5 cm³/mol. The van der Waals surface area contributed by atoms with Gasteiger partial charge in [0.1, 0.15) is 11.4 Å². The van der Waals surface area contributed by atoms with Gasteiger partial charge in [-0.25, -0.2) is 0 Å². The van der Waals surface area contributed by atoms with Gasteiger partial charge >= 0.3 is 0 Å². The minimum absolute atomic E-state index is 0.142. The maximum absolute atomic E-state index is 12.6. The van der Waals surface area contributed by atoms with E-state index < -0.39 is 0 Å². The van der Waals surface area contributed by atoms with Crippen molar-refractivity contribution in [2.45, 2.75) is 65.4 Å². The molecule has 0 spiro atoms. The molecule has 0 fully saturated rings. The molecule has 1 aromatic rings. The van der Waals surface area contributed by atoms with Crippen molar-refractivity contribution in [3.8, 4) is 5.75 Å². The van der Waals surface area contributed by atoms with E-state index in [1.165, 1.54) is 5.56 Å². The van der Waals surface area contributed by atoms with Gasteiger partial charge in [0.05, 0.1) is 0 Å². The first-order valence-corrected chi connectivity index (χ1v) is 7.83. The Kier molecular flexibility index (Phi) is 4.52. The molecule has 0 saturated carbocycles. The van der Waals surface area contributed by atoms with E-state index in [-0.39, 0.29) is 11.5 Å². The summed E-state index contributed by atoms with van der Waals surface area (Å²) in [5.74, 6) is 1.41. The van der Waals surface area contributed by atoms with Crippen LogP contribution in [-0.4, -0.2) is 11.4 Å². The molecule has 20 heavy (non-hydrogen) atoms. The molecule has 0 amide bonds. The average molecular weight is 274 g/mol. The molecule has 2 heteroatoms. The third kappa shape index (κ3) is 3.23. The number of hydrogen-bond donors (Lipinski definition) is 0. The summed E-state index contributed by atoms with van der Waals surface area (Å²) >= 11 is 0. The number of ether oxygens (including phenoxy) is 1. The van der Waals surface area contributed by atoms with E-state index in [2.05, 4.69) is 27.7 Å². The van der Waals surface area contributed by atoms with Crippen LogP contribution < -0.4 is 4.74 Å². The van der Waals surface area contributed by atoms with E-state index in [0.717, 1.165) is 43.4 Å². The Morgan fingerprint density at radius 3 is 2.75 bits per heavy atom. The summed E-state index contributed by atoms with van der Waals surface area (Å²) in [5.41, 5.74) is 1.88. The number of carbonyl (C=O) groups is 1. The Bertz CT molecular complexity index is 488. The van der Waals surface area contributed by atoms with Gasteiger partial charge in [-0.1, -0.05) is 26.7 Å². The highest BCUT2D eigenvalue weighted by molar-refractivity contribution is 5.98. The topological polar surface area (TPSA) is 26.3 Å². The molecule has 0 radical (unpaired) electrons. The first kappa shape index (κ1) is 15.1. The van der Waals surface area contributed by atoms with E-state index in [1.54, 1.807) is 0 Å². The van der Waals surface area contributed by atoms with Gasteiger partial charge in [-0.3, -0.25) is 4.79 Å². The monoisotopic (exact) mass is 274 g/mol. The van der Waals surface area contributed by atoms with Crippen LogP contribution in [0.4, 0.5) is 0 Å². The van der Waals surface area contributed by atoms with Crippen molar-refractivity contribution in [2.24, 2.45) is 5.92 Å². The van der Waals surface area contributed by atoms with Crippen LogP contribution in [-0.2, 0) is 6.42 Å². The van der Waals surface area contributed by atoms with Crippen molar-refractivity contribution in [1.29, 1.82) is 0 Å². The summed E-state index contributed by atoms with van der Waals surface area (Å²) in [4.78, 5) is 12.6. The highest BCUT2D eigenvalue weighted by atomic mass is 16.5. The van der Waals surface area contributed by atoms with Gasteiger partial charge in [0.15, 0.2) is 5.78 Å². The van der Waals surface area contributed by atoms with Gasteiger partial charge in [0.2, 0.25) is 0 Å². The van der Waals surface area contributed by atoms with Crippen molar-refractivity contribution in [1.82, 2.24) is 0 Å². The van der Waals surface area contributed by atoms with Crippen molar-refractivity contribution in [3.05, 3.63) is 29.3 Å². The lowest BCUT2D eigenvalue weighted by Gasteiger charge is -2.16. The van der Waals surface area contributed by atoms with Crippen LogP contribution in [0, 0.1) is 5.92 Å². The van der Waals surface area contributed by atoms with Crippen LogP contribution in [0.25, 0.3) is 0 Å². The Hall–Kier alpha value is -1.31. The lowest BCUT2D eigenvalue weighted by Crippen LogP contribution is -2.24. The number of benzene rings is 1. The number of hydrogen-bond acceptors (Lipinski definition) is 2. The van der Waals surface area contributed by atoms with Gasteiger partial charge in [-0.2, -0.15) is 0 Å². The average Bonchev–Trinajstić information content (AvgIpc) is 2.72. The molecule has 0 saturated heterocycles. The van der Waals surface area contributed by atoms with Crippen LogP contribution in [0.2, 0.25) is 0 Å². The fraction of sp³-hybridized carbons (Fsp3) is 0.611. The van der Waals surface area contributed by atoms with Gasteiger partial charge in [0, 0.05) is 17.9 Å². The van der Waals surface area contributed by atoms with Crippen molar-refractivity contribution in [2.75, 3.05) is 0 Å². The first-order chi connectivity index (χ1) is 9.46. The second-order valence-corrected chi connectivity index (χ2v) is 6.47. The molecule has 110 valence electrons. The predicted octanol–water partition coefficient (Wildman–Crippen LogP) is 4.80. The number of fused-ring (bicyclic) bond motifs is 1. The summed E-state index contributed by atoms with van der Waals surface area (Å²) < 4.78 is 5.87. The molecule has 1 aliphatic heterocycles. The van der Waals surface area contributed by atoms with Crippen molar-refractivity contribution >= 4 is 5.78 Å². The maximum atomic E-state index is 12.6. The molecule has 0 bridgehead atoms. The van der Waals surface area contributed by atoms with E-state index in [0.29, 0.717) is 5.78 Å². The molecular weight excluding hydrogens is 248 g/mol. The lowest BCUT2D eigenvalue weighted by molar-refractivity contribution is 0.0908. The molecule has 1 aliphatic rings. The Morgan fingerprint density at radius 2 is 2.10 bits per heavy atom. The first-order valence-electron chi connectivity index (χ1n) is 7.83. The number of Topliss-reactive ketones (excluding diaryl/α,β-unsaturated/α-hetero) is 1. The fourth-order valence-corrected chi connectivity index (χ4v) is 2.97. The van der Waals surface area contributed by atoms with Crippen LogP contribution in [0.3, 0.4) is 0 Å². The summed E-state index contributed by atoms with van der Waals surface area (Å²) in [6, 6.07) is 5.93. The highest BCUT2D eigenvalue weighted by Crippen LogP contribution is 2.35. The quantitative estimate of drug-likeness (QED) is 0.696. The van der Waals surface area contributed by atoms with Gasteiger partial charge in [0.25, 0.3) is 0 Å². The molecule has 2 nitrogen and oxygen atoms in total. The van der Waals surface area contributed by atoms with Gasteiger partial charge in [-0.05, 0) is 50.5 Å². The van der Waals surface area contributed by atoms with Crippen LogP contribution >= 0.6 is 0 Å². The Morgan fingerprint density at radius 1 is 1.35 bits per heavy atom. The summed E-state index contributed by atoms with van der Waals surface area (Å²) in [6.07, 6.45) is 5.10. The number of rotatable bonds is 6. The van der Waals surface area contributed by atoms with E-state index in [1.807, 2.05) is 18.2 Å². The highest BCUT2D eigenvalue weighted by Gasteiger charge is 2.30. The van der Waals surface area contributed by atoms with Gasteiger partial charge in [-0.15, -0.1) is 0 Å². The largest absolute Gasteiger partial charge is 0.487 e. The molecule has 0 aromatic heterocycles. The van der Waals surface area contributed by atoms with Crippen molar-refractivity contribution < 1.29 is 9.53 Å². The zero-order chi connectivity index (χ0) is 14.8. The zero-order valence-corrected chi connectivity index (χ0v) is 13.2. The van der Waals surface area contributed by atoms with E-state index in [9.17, 15) is 4.79 Å². The minimum Gasteiger partial charge on any atom is -0.487 e. The standard InChI is InChI=1S/C18H26O2/c1-5-7-8-13(6-2)17(19)14-9-10-16-15(11-14)12-18(3,4)20-16/h9-11,13H,5-8,12H2,1-4H3. The SMILES string of the molecule is CCCCC(CC)C(=O)c1ccc2c(c1)CC(C)(C)O2. The maximum Gasteiger partial charge on any atom is 0.165 e. The molecule has 1 atom stereocenters. The van der Waals surface area contributed by atoms with Crippen LogP contribution in [0.5, 0.6) is 5.75 Å². The van der Waals surface area contributed by atoms with Crippen LogP contribution in [0.15, 0.2) is 18.2 Å². The fourth-order valence-electron chi connectivity index (χ4n) is 2.97. The molecular formula is C18H26O2. The number of carbonyl (C=O) groups excluding carboxylic acids is 1. The van der Waals surface area contributed by atoms with Gasteiger partial charge < -0.3 is 4.74 Å². The van der Waals surface area contributed by atoms with Crippen LogP contribution in [0.1, 0.15) is 69.3 Å². The summed E-state index contributed by atoms with van der Waals surface area (Å²) in [7, 11) is 0. The second kappa shape index (κ2) is 5.99. The number of ketones is 1.